The van der Waals surface area contributed by atoms with Gasteiger partial charge >= 0.3 is 24.5 Å². The van der Waals surface area contributed by atoms with Gasteiger partial charge in [-0.05, 0) is 39.7 Å². The third-order valence-electron chi connectivity index (χ3n) is 7.44. The van der Waals surface area contributed by atoms with E-state index in [2.05, 4.69) is 20.3 Å². The molecule has 0 spiro atoms. The SMILES string of the molecule is CC(=O)Nc1cc(F)c(C(F)(F)F)c(-c2ncc3c(N4C[C@H]5CC[C@@H](C4)N5C(=O)OC(C)(C)C)nc(OCC(F)(F)F)nc3c2F)c1Cl. The number of anilines is 2. The van der Waals surface area contributed by atoms with Crippen LogP contribution in [0.2, 0.25) is 5.02 Å². The van der Waals surface area contributed by atoms with Crippen LogP contribution in [0.5, 0.6) is 6.01 Å². The van der Waals surface area contributed by atoms with Gasteiger partial charge in [0.05, 0.1) is 28.2 Å². The molecule has 1 aromatic carbocycles. The van der Waals surface area contributed by atoms with Gasteiger partial charge in [0.15, 0.2) is 12.4 Å². The quantitative estimate of drug-likeness (QED) is 0.279. The molecule has 0 saturated carbocycles. The zero-order chi connectivity index (χ0) is 35.5. The van der Waals surface area contributed by atoms with Crippen LogP contribution in [0.4, 0.5) is 51.4 Å². The van der Waals surface area contributed by atoms with Gasteiger partial charge in [-0.1, -0.05) is 11.6 Å². The zero-order valence-corrected chi connectivity index (χ0v) is 26.4. The number of hydrogen-bond acceptors (Lipinski definition) is 8. The second-order valence-corrected chi connectivity index (χ2v) is 12.6. The summed E-state index contributed by atoms with van der Waals surface area (Å²) in [6.45, 7) is 4.32. The van der Waals surface area contributed by atoms with Crippen LogP contribution in [0.15, 0.2) is 12.3 Å². The molecule has 1 N–H and O–H groups in total. The fourth-order valence-electron chi connectivity index (χ4n) is 5.74. The molecule has 4 heterocycles. The lowest BCUT2D eigenvalue weighted by Gasteiger charge is -2.42. The van der Waals surface area contributed by atoms with Crippen LogP contribution < -0.4 is 15.0 Å². The molecule has 5 rings (SSSR count). The number of rotatable bonds is 5. The summed E-state index contributed by atoms with van der Waals surface area (Å²) in [7, 11) is 0. The van der Waals surface area contributed by atoms with Gasteiger partial charge < -0.3 is 19.7 Å². The van der Waals surface area contributed by atoms with E-state index in [9.17, 15) is 40.3 Å². The molecule has 3 aromatic rings. The average molecular weight is 711 g/mol. The molecule has 0 aliphatic carbocycles. The van der Waals surface area contributed by atoms with E-state index < -0.39 is 99.3 Å². The van der Waals surface area contributed by atoms with Gasteiger partial charge in [0.2, 0.25) is 5.91 Å². The van der Waals surface area contributed by atoms with Crippen LogP contribution in [0.3, 0.4) is 0 Å². The van der Waals surface area contributed by atoms with E-state index in [1.54, 1.807) is 30.6 Å². The first kappa shape index (κ1) is 35.1. The minimum Gasteiger partial charge on any atom is -0.454 e. The highest BCUT2D eigenvalue weighted by Gasteiger charge is 2.46. The second-order valence-electron chi connectivity index (χ2n) is 12.2. The van der Waals surface area contributed by atoms with Gasteiger partial charge in [0.25, 0.3) is 0 Å². The minimum atomic E-state index is -5.44. The highest BCUT2D eigenvalue weighted by atomic mass is 35.5. The molecule has 260 valence electrons. The Bertz CT molecular complexity index is 1770. The summed E-state index contributed by atoms with van der Waals surface area (Å²) in [4.78, 5) is 39.3. The molecular weight excluding hydrogens is 684 g/mol. The van der Waals surface area contributed by atoms with Crippen molar-refractivity contribution in [1.82, 2.24) is 19.9 Å². The lowest BCUT2D eigenvalue weighted by molar-refractivity contribution is -0.154. The number of pyridine rings is 1. The number of hydrogen-bond donors (Lipinski definition) is 1. The van der Waals surface area contributed by atoms with Crippen molar-refractivity contribution >= 4 is 46.0 Å². The van der Waals surface area contributed by atoms with E-state index in [-0.39, 0.29) is 24.3 Å². The molecule has 48 heavy (non-hydrogen) atoms. The van der Waals surface area contributed by atoms with E-state index in [4.69, 9.17) is 21.1 Å². The van der Waals surface area contributed by atoms with Crippen LogP contribution in [-0.4, -0.2) is 75.4 Å². The average Bonchev–Trinajstić information content (AvgIpc) is 3.21. The minimum absolute atomic E-state index is 0.0674. The maximum absolute atomic E-state index is 16.4. The van der Waals surface area contributed by atoms with Crippen LogP contribution in [0, 0.1) is 11.6 Å². The summed E-state index contributed by atoms with van der Waals surface area (Å²) >= 11 is 6.18. The summed E-state index contributed by atoms with van der Waals surface area (Å²) in [6, 6.07) is -1.53. The van der Waals surface area contributed by atoms with E-state index in [0.29, 0.717) is 18.9 Å². The van der Waals surface area contributed by atoms with Gasteiger partial charge in [-0.25, -0.2) is 13.6 Å². The largest absolute Gasteiger partial charge is 0.454 e. The molecule has 2 bridgehead atoms. The van der Waals surface area contributed by atoms with E-state index in [1.807, 2.05) is 0 Å². The molecule has 10 nitrogen and oxygen atoms in total. The number of nitrogens with zero attached hydrogens (tertiary/aromatic N) is 5. The lowest BCUT2D eigenvalue weighted by atomic mass is 10.00. The fraction of sp³-hybridized carbons (Fsp3) is 0.483. The van der Waals surface area contributed by atoms with Crippen LogP contribution in [-0.2, 0) is 15.7 Å². The number of halogens is 9. The number of carbonyl (C=O) groups is 2. The highest BCUT2D eigenvalue weighted by molar-refractivity contribution is 6.36. The first-order chi connectivity index (χ1) is 22.1. The molecular formula is C29H27ClF8N6O4. The number of carbonyl (C=O) groups excluding carboxylic acids is 2. The maximum atomic E-state index is 16.4. The van der Waals surface area contributed by atoms with Crippen LogP contribution in [0.1, 0.15) is 46.1 Å². The number of fused-ring (bicyclic) bond motifs is 3. The van der Waals surface area contributed by atoms with E-state index >= 15 is 4.39 Å². The fourth-order valence-corrected chi connectivity index (χ4v) is 6.03. The Morgan fingerprint density at radius 3 is 2.21 bits per heavy atom. The molecule has 2 amide bonds. The molecule has 2 atom stereocenters. The zero-order valence-electron chi connectivity index (χ0n) is 25.6. The van der Waals surface area contributed by atoms with Gasteiger partial charge in [-0.2, -0.15) is 36.3 Å². The van der Waals surface area contributed by atoms with Gasteiger partial charge in [-0.15, -0.1) is 0 Å². The Kier molecular flexibility index (Phi) is 9.03. The molecule has 2 fully saturated rings. The Hall–Kier alpha value is -4.22. The second kappa shape index (κ2) is 12.3. The van der Waals surface area contributed by atoms with Crippen LogP contribution >= 0.6 is 11.6 Å². The van der Waals surface area contributed by atoms with Crippen molar-refractivity contribution in [2.24, 2.45) is 0 Å². The van der Waals surface area contributed by atoms with Crippen molar-refractivity contribution in [2.75, 3.05) is 29.9 Å². The van der Waals surface area contributed by atoms with E-state index in [1.165, 1.54) is 0 Å². The number of piperazine rings is 1. The van der Waals surface area contributed by atoms with Gasteiger partial charge in [0.1, 0.15) is 34.0 Å². The Labute approximate surface area is 272 Å². The number of ether oxygens (including phenoxy) is 2. The van der Waals surface area contributed by atoms with Crippen molar-refractivity contribution in [2.45, 2.75) is 70.6 Å². The highest BCUT2D eigenvalue weighted by Crippen LogP contribution is 2.47. The van der Waals surface area contributed by atoms with Crippen LogP contribution in [0.25, 0.3) is 22.2 Å². The normalized spacial score (nSPS) is 18.4. The molecule has 0 radical (unpaired) electrons. The van der Waals surface area contributed by atoms with Crippen molar-refractivity contribution in [3.8, 4) is 17.3 Å². The number of benzene rings is 1. The van der Waals surface area contributed by atoms with Gasteiger partial charge in [-0.3, -0.25) is 14.7 Å². The number of nitrogens with one attached hydrogen (secondary N) is 1. The van der Waals surface area contributed by atoms with Crippen molar-refractivity contribution in [1.29, 1.82) is 0 Å². The monoisotopic (exact) mass is 710 g/mol. The number of alkyl halides is 6. The molecule has 0 unspecified atom stereocenters. The molecule has 2 aliphatic rings. The Morgan fingerprint density at radius 2 is 1.67 bits per heavy atom. The summed E-state index contributed by atoms with van der Waals surface area (Å²) < 4.78 is 123. The van der Waals surface area contributed by atoms with E-state index in [0.717, 1.165) is 13.1 Å². The Balaban J connectivity index is 1.66. The molecule has 2 aliphatic heterocycles. The van der Waals surface area contributed by atoms with Crippen molar-refractivity contribution in [3.05, 3.63) is 34.5 Å². The summed E-state index contributed by atoms with van der Waals surface area (Å²) in [5.41, 5.74) is -6.67. The molecule has 19 heteroatoms. The first-order valence-electron chi connectivity index (χ1n) is 14.3. The third kappa shape index (κ3) is 7.12. The van der Waals surface area contributed by atoms with Gasteiger partial charge in [0, 0.05) is 31.8 Å². The molecule has 2 saturated heterocycles. The maximum Gasteiger partial charge on any atom is 0.422 e. The van der Waals surface area contributed by atoms with Crippen molar-refractivity contribution < 1.29 is 54.2 Å². The standard InChI is InChI=1S/C29H27ClF8N6O4/c1-12(45)40-17-7-16(31)19(29(36,37)38)18(20(17)30)23-21(32)22-15(8-39-23)24(42-25(41-22)47-11-28(33,34)35)43-9-13-5-6-14(10-43)44(13)26(46)48-27(2,3)4/h7-8,13-14H,5-6,9-11H2,1-4H3,(H,40,45)/t13-,14+. The lowest BCUT2D eigenvalue weighted by Crippen LogP contribution is -2.57. The Morgan fingerprint density at radius 1 is 1.04 bits per heavy atom. The number of aromatic nitrogens is 3. The predicted molar refractivity (Wildman–Crippen MR) is 156 cm³/mol. The predicted octanol–water partition coefficient (Wildman–Crippen LogP) is 7.13. The number of amides is 2. The first-order valence-corrected chi connectivity index (χ1v) is 14.7. The summed E-state index contributed by atoms with van der Waals surface area (Å²) in [5, 5.41) is 0.918. The third-order valence-corrected chi connectivity index (χ3v) is 7.83. The smallest absolute Gasteiger partial charge is 0.422 e. The topological polar surface area (TPSA) is 110 Å². The summed E-state index contributed by atoms with van der Waals surface area (Å²) in [5.74, 6) is -4.53. The van der Waals surface area contributed by atoms with Crippen molar-refractivity contribution in [3.63, 3.8) is 0 Å². The molecule has 2 aromatic heterocycles. The summed E-state index contributed by atoms with van der Waals surface area (Å²) in [6.07, 6.45) is -8.93.